The smallest absolute Gasteiger partial charge is 0.132 e. The second kappa shape index (κ2) is 13.5. The maximum absolute atomic E-state index is 6.72. The predicted molar refractivity (Wildman–Crippen MR) is 246 cm³/mol. The first-order valence-corrected chi connectivity index (χ1v) is 20.6. The molecule has 11 rings (SSSR count). The van der Waals surface area contributed by atoms with Crippen molar-refractivity contribution in [3.63, 3.8) is 0 Å². The van der Waals surface area contributed by atoms with Gasteiger partial charge in [0, 0.05) is 45.4 Å². The van der Waals surface area contributed by atoms with Crippen molar-refractivity contribution in [1.82, 2.24) is 0 Å². The van der Waals surface area contributed by atoms with Gasteiger partial charge < -0.3 is 15.0 Å². The van der Waals surface area contributed by atoms with Crippen LogP contribution in [0.4, 0.5) is 22.7 Å². The minimum atomic E-state index is -0.704. The van der Waals surface area contributed by atoms with Gasteiger partial charge in [0.1, 0.15) is 11.5 Å². The molecular formula is C56H44N2O. The SMILES string of the molecule is CC(C)(C)c1cc2c3c4c(ccc3c1)C(N(c1ccccc1)c1cccc(C3(c5cccc(Nc6ccccc6)c5)c5ccccc5Oc5ccccc53)c1)=CC4C=C2. The highest BCUT2D eigenvalue weighted by Gasteiger charge is 2.46. The lowest BCUT2D eigenvalue weighted by Gasteiger charge is -2.42. The summed E-state index contributed by atoms with van der Waals surface area (Å²) in [5.74, 6) is 1.90. The molecule has 3 aliphatic rings. The molecule has 284 valence electrons. The fourth-order valence-electron chi connectivity index (χ4n) is 9.74. The van der Waals surface area contributed by atoms with Crippen LogP contribution in [0.3, 0.4) is 0 Å². The quantitative estimate of drug-likeness (QED) is 0.175. The number of nitrogens with one attached hydrogen (secondary N) is 1. The molecule has 0 amide bonds. The summed E-state index contributed by atoms with van der Waals surface area (Å²) >= 11 is 0. The summed E-state index contributed by atoms with van der Waals surface area (Å²) < 4.78 is 6.72. The molecule has 0 radical (unpaired) electrons. The number of anilines is 4. The van der Waals surface area contributed by atoms with E-state index >= 15 is 0 Å². The largest absolute Gasteiger partial charge is 0.457 e. The van der Waals surface area contributed by atoms with E-state index in [2.05, 4.69) is 225 Å². The molecule has 1 N–H and O–H groups in total. The molecule has 0 bridgehead atoms. The summed E-state index contributed by atoms with van der Waals surface area (Å²) in [7, 11) is 0. The number of hydrogen-bond acceptors (Lipinski definition) is 3. The Labute approximate surface area is 346 Å². The zero-order valence-corrected chi connectivity index (χ0v) is 33.5. The zero-order chi connectivity index (χ0) is 39.7. The third kappa shape index (κ3) is 5.64. The Balaban J connectivity index is 1.13. The predicted octanol–water partition coefficient (Wildman–Crippen LogP) is 14.7. The summed E-state index contributed by atoms with van der Waals surface area (Å²) in [6.45, 7) is 6.90. The third-order valence-corrected chi connectivity index (χ3v) is 12.4. The fraction of sp³-hybridized carbons (Fsp3) is 0.107. The minimum Gasteiger partial charge on any atom is -0.457 e. The average Bonchev–Trinajstić information content (AvgIpc) is 3.64. The van der Waals surface area contributed by atoms with Crippen LogP contribution in [0.5, 0.6) is 11.5 Å². The maximum Gasteiger partial charge on any atom is 0.132 e. The first-order chi connectivity index (χ1) is 28.9. The molecule has 0 fully saturated rings. The Kier molecular flexibility index (Phi) is 8.03. The van der Waals surface area contributed by atoms with E-state index < -0.39 is 5.41 Å². The molecule has 0 saturated heterocycles. The minimum absolute atomic E-state index is 0.0650. The van der Waals surface area contributed by atoms with Gasteiger partial charge in [0.25, 0.3) is 0 Å². The first-order valence-electron chi connectivity index (χ1n) is 20.6. The molecule has 0 aromatic heterocycles. The lowest BCUT2D eigenvalue weighted by molar-refractivity contribution is 0.434. The number of nitrogens with zero attached hydrogens (tertiary/aromatic N) is 1. The van der Waals surface area contributed by atoms with Crippen LogP contribution >= 0.6 is 0 Å². The van der Waals surface area contributed by atoms with Gasteiger partial charge >= 0.3 is 0 Å². The summed E-state index contributed by atoms with van der Waals surface area (Å²) in [6.07, 6.45) is 7.20. The normalized spacial score (nSPS) is 15.5. The van der Waals surface area contributed by atoms with Gasteiger partial charge in [-0.15, -0.1) is 0 Å². The maximum atomic E-state index is 6.72. The van der Waals surface area contributed by atoms with Gasteiger partial charge in [0.15, 0.2) is 0 Å². The van der Waals surface area contributed by atoms with E-state index in [0.717, 1.165) is 56.5 Å². The van der Waals surface area contributed by atoms with Gasteiger partial charge in [-0.25, -0.2) is 0 Å². The van der Waals surface area contributed by atoms with Gasteiger partial charge in [0.05, 0.1) is 11.1 Å². The summed E-state index contributed by atoms with van der Waals surface area (Å²) in [5, 5.41) is 6.36. The Hall–Kier alpha value is -7.10. The van der Waals surface area contributed by atoms with Crippen LogP contribution in [0.2, 0.25) is 0 Å². The number of rotatable bonds is 7. The van der Waals surface area contributed by atoms with Gasteiger partial charge in [-0.1, -0.05) is 154 Å². The van der Waals surface area contributed by atoms with E-state index in [9.17, 15) is 0 Å². The molecule has 59 heavy (non-hydrogen) atoms. The van der Waals surface area contributed by atoms with Crippen LogP contribution in [-0.2, 0) is 10.8 Å². The topological polar surface area (TPSA) is 24.5 Å². The number of ether oxygens (including phenoxy) is 1. The Morgan fingerprint density at radius 2 is 1.20 bits per heavy atom. The molecule has 2 aliphatic carbocycles. The molecule has 1 atom stereocenters. The summed E-state index contributed by atoms with van der Waals surface area (Å²) in [6, 6.07) is 65.9. The van der Waals surface area contributed by atoms with Crippen LogP contribution in [-0.4, -0.2) is 0 Å². The van der Waals surface area contributed by atoms with E-state index in [1.165, 1.54) is 38.7 Å². The standard InChI is InChI=1S/C56H44N2O/c1-55(2,3)42-32-37-28-29-39-34-50(47-31-30-38(33-42)53(37)54(39)47)58(45-21-8-5-9-22-45)46-23-15-17-41(36-46)56(40-16-14-20-44(35-40)57-43-18-6-4-7-19-43)48-24-10-12-26-51(48)59-52-27-13-11-25-49(52)56/h4-36,39,57H,1-3H3. The van der Waals surface area contributed by atoms with E-state index in [-0.39, 0.29) is 11.3 Å². The zero-order valence-electron chi connectivity index (χ0n) is 33.5. The lowest BCUT2D eigenvalue weighted by atomic mass is 9.63. The number of allylic oxidation sites excluding steroid dienone is 2. The molecule has 3 nitrogen and oxygen atoms in total. The molecule has 1 aliphatic heterocycles. The van der Waals surface area contributed by atoms with E-state index in [4.69, 9.17) is 4.74 Å². The number of fused-ring (bicyclic) bond motifs is 2. The van der Waals surface area contributed by atoms with Crippen molar-refractivity contribution < 1.29 is 4.74 Å². The third-order valence-electron chi connectivity index (χ3n) is 12.4. The lowest BCUT2D eigenvalue weighted by Crippen LogP contribution is -2.34. The van der Waals surface area contributed by atoms with E-state index in [1.54, 1.807) is 0 Å². The van der Waals surface area contributed by atoms with Gasteiger partial charge in [-0.3, -0.25) is 0 Å². The molecule has 3 heteroatoms. The molecule has 0 saturated carbocycles. The highest BCUT2D eigenvalue weighted by molar-refractivity contribution is 6.04. The first kappa shape index (κ1) is 35.1. The van der Waals surface area contributed by atoms with Crippen molar-refractivity contribution in [2.75, 3.05) is 10.2 Å². The van der Waals surface area contributed by atoms with E-state index in [0.29, 0.717) is 0 Å². The van der Waals surface area contributed by atoms with Crippen molar-refractivity contribution in [3.8, 4) is 11.5 Å². The average molecular weight is 761 g/mol. The van der Waals surface area contributed by atoms with Crippen LogP contribution < -0.4 is 15.0 Å². The molecular weight excluding hydrogens is 717 g/mol. The Morgan fingerprint density at radius 3 is 1.93 bits per heavy atom. The molecule has 1 heterocycles. The number of hydrogen-bond donors (Lipinski definition) is 1. The molecule has 1 unspecified atom stereocenters. The number of benzene rings is 8. The van der Waals surface area contributed by atoms with Crippen molar-refractivity contribution >= 4 is 45.3 Å². The highest BCUT2D eigenvalue weighted by atomic mass is 16.5. The van der Waals surface area contributed by atoms with Crippen molar-refractivity contribution in [1.29, 1.82) is 0 Å². The van der Waals surface area contributed by atoms with Gasteiger partial charge in [-0.2, -0.15) is 0 Å². The molecule has 8 aromatic carbocycles. The number of para-hydroxylation sites is 4. The second-order valence-corrected chi connectivity index (χ2v) is 17.0. The van der Waals surface area contributed by atoms with E-state index in [1.807, 2.05) is 6.07 Å². The summed E-state index contributed by atoms with van der Waals surface area (Å²) in [4.78, 5) is 2.47. The van der Waals surface area contributed by atoms with Crippen molar-refractivity contribution in [3.05, 3.63) is 239 Å². The Morgan fingerprint density at radius 1 is 0.576 bits per heavy atom. The Bertz CT molecular complexity index is 2940. The molecule has 0 spiro atoms. The molecule has 8 aromatic rings. The van der Waals surface area contributed by atoms with Crippen LogP contribution in [0.15, 0.2) is 194 Å². The van der Waals surface area contributed by atoms with Crippen molar-refractivity contribution in [2.45, 2.75) is 37.5 Å². The second-order valence-electron chi connectivity index (χ2n) is 17.0. The van der Waals surface area contributed by atoms with Crippen LogP contribution in [0, 0.1) is 0 Å². The summed E-state index contributed by atoms with van der Waals surface area (Å²) in [5.41, 5.74) is 14.7. The van der Waals surface area contributed by atoms with Crippen molar-refractivity contribution in [2.24, 2.45) is 0 Å². The highest BCUT2D eigenvalue weighted by Crippen LogP contribution is 2.57. The van der Waals surface area contributed by atoms with Gasteiger partial charge in [0.2, 0.25) is 0 Å². The fourth-order valence-corrected chi connectivity index (χ4v) is 9.74. The van der Waals surface area contributed by atoms with Crippen LogP contribution in [0.25, 0.3) is 22.5 Å². The monoisotopic (exact) mass is 760 g/mol. The van der Waals surface area contributed by atoms with Crippen LogP contribution in [0.1, 0.15) is 71.2 Å². The van der Waals surface area contributed by atoms with Gasteiger partial charge in [-0.05, 0) is 111 Å².